The van der Waals surface area contributed by atoms with Crippen molar-refractivity contribution in [2.45, 2.75) is 13.0 Å². The number of halogens is 1. The molecule has 2 aromatic rings. The second-order valence-corrected chi connectivity index (χ2v) is 5.10. The van der Waals surface area contributed by atoms with Crippen LogP contribution in [0.2, 0.25) is 5.02 Å². The molecular weight excluding hydrogens is 284 g/mol. The third kappa shape index (κ3) is 4.34. The summed E-state index contributed by atoms with van der Waals surface area (Å²) in [5.74, 6) is 0. The van der Waals surface area contributed by atoms with Crippen molar-refractivity contribution in [3.8, 4) is 6.07 Å². The summed E-state index contributed by atoms with van der Waals surface area (Å²) in [6.07, 6.45) is 1.27. The number of aldehydes is 1. The zero-order valence-electron chi connectivity index (χ0n) is 11.5. The molecule has 0 atom stereocenters. The van der Waals surface area contributed by atoms with Gasteiger partial charge in [-0.05, 0) is 42.0 Å². The summed E-state index contributed by atoms with van der Waals surface area (Å²) < 4.78 is 0. The van der Waals surface area contributed by atoms with Gasteiger partial charge in [-0.15, -0.1) is 0 Å². The molecule has 4 heteroatoms. The monoisotopic (exact) mass is 298 g/mol. The van der Waals surface area contributed by atoms with Gasteiger partial charge in [0, 0.05) is 29.4 Å². The predicted molar refractivity (Wildman–Crippen MR) is 84.6 cm³/mol. The molecule has 3 nitrogen and oxygen atoms in total. The van der Waals surface area contributed by atoms with Crippen molar-refractivity contribution in [2.24, 2.45) is 0 Å². The van der Waals surface area contributed by atoms with E-state index in [1.54, 1.807) is 12.1 Å². The van der Waals surface area contributed by atoms with E-state index in [9.17, 15) is 4.79 Å². The van der Waals surface area contributed by atoms with E-state index in [0.717, 1.165) is 17.5 Å². The molecule has 0 unspecified atom stereocenters. The van der Waals surface area contributed by atoms with Crippen LogP contribution in [0.25, 0.3) is 0 Å². The number of rotatable bonds is 6. The zero-order chi connectivity index (χ0) is 15.1. The van der Waals surface area contributed by atoms with Crippen molar-refractivity contribution in [3.05, 3.63) is 64.7 Å². The molecule has 0 aromatic heterocycles. The topological polar surface area (TPSA) is 44.1 Å². The van der Waals surface area contributed by atoms with Crippen molar-refractivity contribution in [1.82, 2.24) is 0 Å². The van der Waals surface area contributed by atoms with E-state index in [1.807, 2.05) is 36.4 Å². The number of carbonyl (C=O) groups excluding carboxylic acids is 1. The molecule has 0 aliphatic carbocycles. The maximum Gasteiger partial charge on any atom is 0.150 e. The predicted octanol–water partition coefficient (Wildman–Crippen LogP) is 4.07. The number of benzene rings is 2. The van der Waals surface area contributed by atoms with Crippen LogP contribution in [-0.4, -0.2) is 12.8 Å². The number of hydrogen-bond acceptors (Lipinski definition) is 3. The van der Waals surface area contributed by atoms with Gasteiger partial charge in [-0.1, -0.05) is 23.7 Å². The standard InChI is InChI=1S/C17H15ClN2O/c18-16-6-2-14(3-7-16)12-20(11-1-10-19)17-8-4-15(13-21)5-9-17/h2-9,13H,1,11-12H2. The van der Waals surface area contributed by atoms with Crippen LogP contribution in [0.15, 0.2) is 48.5 Å². The second kappa shape index (κ2) is 7.47. The quantitative estimate of drug-likeness (QED) is 0.755. The Labute approximate surface area is 129 Å². The molecule has 0 aliphatic rings. The van der Waals surface area contributed by atoms with Crippen molar-refractivity contribution in [2.75, 3.05) is 11.4 Å². The third-order valence-corrected chi connectivity index (χ3v) is 3.43. The highest BCUT2D eigenvalue weighted by Crippen LogP contribution is 2.19. The lowest BCUT2D eigenvalue weighted by Gasteiger charge is -2.24. The maximum absolute atomic E-state index is 10.7. The minimum atomic E-state index is 0.447. The Morgan fingerprint density at radius 3 is 2.33 bits per heavy atom. The Morgan fingerprint density at radius 1 is 1.10 bits per heavy atom. The van der Waals surface area contributed by atoms with Crippen LogP contribution in [0.5, 0.6) is 0 Å². The van der Waals surface area contributed by atoms with E-state index in [0.29, 0.717) is 30.1 Å². The summed E-state index contributed by atoms with van der Waals surface area (Å²) >= 11 is 5.89. The van der Waals surface area contributed by atoms with Crippen LogP contribution >= 0.6 is 11.6 Å². The van der Waals surface area contributed by atoms with E-state index in [1.165, 1.54) is 0 Å². The van der Waals surface area contributed by atoms with Gasteiger partial charge in [-0.2, -0.15) is 5.26 Å². The summed E-state index contributed by atoms with van der Waals surface area (Å²) in [7, 11) is 0. The van der Waals surface area contributed by atoms with E-state index in [-0.39, 0.29) is 0 Å². The largest absolute Gasteiger partial charge is 0.366 e. The van der Waals surface area contributed by atoms with Crippen molar-refractivity contribution in [1.29, 1.82) is 5.26 Å². The second-order valence-electron chi connectivity index (χ2n) is 4.67. The van der Waals surface area contributed by atoms with Crippen molar-refractivity contribution in [3.63, 3.8) is 0 Å². The van der Waals surface area contributed by atoms with E-state index in [4.69, 9.17) is 16.9 Å². The van der Waals surface area contributed by atoms with Gasteiger partial charge in [-0.25, -0.2) is 0 Å². The summed E-state index contributed by atoms with van der Waals surface area (Å²) in [6.45, 7) is 1.33. The van der Waals surface area contributed by atoms with Crippen LogP contribution in [-0.2, 0) is 6.54 Å². The molecule has 2 aromatic carbocycles. The minimum absolute atomic E-state index is 0.447. The smallest absolute Gasteiger partial charge is 0.150 e. The highest BCUT2D eigenvalue weighted by molar-refractivity contribution is 6.30. The normalized spacial score (nSPS) is 9.90. The highest BCUT2D eigenvalue weighted by atomic mass is 35.5. The van der Waals surface area contributed by atoms with Crippen molar-refractivity contribution >= 4 is 23.6 Å². The fraction of sp³-hybridized carbons (Fsp3) is 0.176. The summed E-state index contributed by atoms with van der Waals surface area (Å²) in [5, 5.41) is 9.51. The zero-order valence-corrected chi connectivity index (χ0v) is 12.3. The SMILES string of the molecule is N#CCCN(Cc1ccc(Cl)cc1)c1ccc(C=O)cc1. The van der Waals surface area contributed by atoms with E-state index in [2.05, 4.69) is 11.0 Å². The Kier molecular flexibility index (Phi) is 5.36. The van der Waals surface area contributed by atoms with Crippen LogP contribution in [0.4, 0.5) is 5.69 Å². The number of carbonyl (C=O) groups is 1. The first-order valence-electron chi connectivity index (χ1n) is 6.64. The van der Waals surface area contributed by atoms with Crippen LogP contribution in [0.1, 0.15) is 22.3 Å². The minimum Gasteiger partial charge on any atom is -0.366 e. The Morgan fingerprint density at radius 2 is 1.76 bits per heavy atom. The number of nitrogens with zero attached hydrogens (tertiary/aromatic N) is 2. The molecular formula is C17H15ClN2O. The molecule has 0 saturated heterocycles. The molecule has 2 rings (SSSR count). The van der Waals surface area contributed by atoms with Gasteiger partial charge in [0.15, 0.2) is 0 Å². The lowest BCUT2D eigenvalue weighted by Crippen LogP contribution is -2.23. The van der Waals surface area contributed by atoms with E-state index < -0.39 is 0 Å². The summed E-state index contributed by atoms with van der Waals surface area (Å²) in [4.78, 5) is 12.8. The molecule has 21 heavy (non-hydrogen) atoms. The molecule has 0 spiro atoms. The molecule has 0 saturated carbocycles. The van der Waals surface area contributed by atoms with Gasteiger partial charge >= 0.3 is 0 Å². The number of hydrogen-bond donors (Lipinski definition) is 0. The average molecular weight is 299 g/mol. The first kappa shape index (κ1) is 15.1. The molecule has 0 heterocycles. The van der Waals surface area contributed by atoms with Gasteiger partial charge < -0.3 is 4.90 Å². The molecule has 0 fully saturated rings. The van der Waals surface area contributed by atoms with E-state index >= 15 is 0 Å². The molecule has 0 aliphatic heterocycles. The van der Waals surface area contributed by atoms with Gasteiger partial charge in [0.2, 0.25) is 0 Å². The fourth-order valence-electron chi connectivity index (χ4n) is 2.06. The molecule has 0 N–H and O–H groups in total. The summed E-state index contributed by atoms with van der Waals surface area (Å²) in [5.41, 5.74) is 2.76. The summed E-state index contributed by atoms with van der Waals surface area (Å²) in [6, 6.07) is 17.2. The molecule has 106 valence electrons. The van der Waals surface area contributed by atoms with Gasteiger partial charge in [0.05, 0.1) is 12.5 Å². The Bertz CT molecular complexity index is 629. The lowest BCUT2D eigenvalue weighted by atomic mass is 10.1. The first-order chi connectivity index (χ1) is 10.2. The van der Waals surface area contributed by atoms with Crippen LogP contribution in [0.3, 0.4) is 0 Å². The maximum atomic E-state index is 10.7. The van der Waals surface area contributed by atoms with Crippen molar-refractivity contribution < 1.29 is 4.79 Å². The van der Waals surface area contributed by atoms with Gasteiger partial charge in [0.25, 0.3) is 0 Å². The van der Waals surface area contributed by atoms with Gasteiger partial charge in [-0.3, -0.25) is 4.79 Å². The highest BCUT2D eigenvalue weighted by Gasteiger charge is 2.07. The molecule has 0 amide bonds. The van der Waals surface area contributed by atoms with Crippen LogP contribution < -0.4 is 4.90 Å². The van der Waals surface area contributed by atoms with Gasteiger partial charge in [0.1, 0.15) is 6.29 Å². The first-order valence-corrected chi connectivity index (χ1v) is 7.02. The number of anilines is 1. The molecule has 0 bridgehead atoms. The Balaban J connectivity index is 2.18. The number of nitriles is 1. The Hall–Kier alpha value is -2.31. The average Bonchev–Trinajstić information content (AvgIpc) is 2.53. The van der Waals surface area contributed by atoms with Crippen LogP contribution in [0, 0.1) is 11.3 Å². The lowest BCUT2D eigenvalue weighted by molar-refractivity contribution is 0.112. The molecule has 0 radical (unpaired) electrons. The fourth-order valence-corrected chi connectivity index (χ4v) is 2.18. The third-order valence-electron chi connectivity index (χ3n) is 3.17.